The quantitative estimate of drug-likeness (QED) is 0.613. The second-order valence-electron chi connectivity index (χ2n) is 7.96. The zero-order valence-electron chi connectivity index (χ0n) is 18.4. The van der Waals surface area contributed by atoms with Crippen LogP contribution in [-0.4, -0.2) is 32.5 Å². The maximum atomic E-state index is 13.4. The van der Waals surface area contributed by atoms with E-state index in [1.165, 1.54) is 0 Å². The first-order valence-electron chi connectivity index (χ1n) is 10.6. The molecule has 2 aromatic rings. The molecule has 7 heteroatoms. The van der Waals surface area contributed by atoms with Crippen LogP contribution in [0.3, 0.4) is 0 Å². The van der Waals surface area contributed by atoms with Crippen LogP contribution in [0.15, 0.2) is 52.1 Å². The van der Waals surface area contributed by atoms with Crippen molar-refractivity contribution < 1.29 is 23.8 Å². The van der Waals surface area contributed by atoms with Crippen molar-refractivity contribution in [1.82, 2.24) is 5.32 Å². The number of nitrogens with one attached hydrogen (secondary N) is 1. The van der Waals surface area contributed by atoms with Crippen molar-refractivity contribution in [1.29, 1.82) is 0 Å². The molecule has 1 N–H and O–H groups in total. The highest BCUT2D eigenvalue weighted by Crippen LogP contribution is 2.46. The number of methoxy groups -OCH3 is 2. The minimum Gasteiger partial charge on any atom is -0.496 e. The molecule has 1 aliphatic heterocycles. The molecule has 0 spiro atoms. The number of carbonyl (C=O) groups excluding carboxylic acids is 2. The molecule has 32 heavy (non-hydrogen) atoms. The number of rotatable bonds is 6. The summed E-state index contributed by atoms with van der Waals surface area (Å²) in [6.45, 7) is 2.55. The van der Waals surface area contributed by atoms with Gasteiger partial charge in [-0.05, 0) is 65.0 Å². The molecule has 168 valence electrons. The van der Waals surface area contributed by atoms with Gasteiger partial charge in [-0.2, -0.15) is 0 Å². The topological polar surface area (TPSA) is 73.9 Å². The Morgan fingerprint density at radius 2 is 1.72 bits per heavy atom. The largest absolute Gasteiger partial charge is 0.496 e. The first kappa shape index (κ1) is 22.4. The number of Topliss-reactive ketones (excluding diaryl/α,β-unsaturated/α-hetero) is 1. The Kier molecular flexibility index (Phi) is 6.55. The van der Waals surface area contributed by atoms with E-state index in [1.807, 2.05) is 43.3 Å². The van der Waals surface area contributed by atoms with Gasteiger partial charge in [0.05, 0.1) is 25.3 Å². The molecule has 0 fully saturated rings. The summed E-state index contributed by atoms with van der Waals surface area (Å²) in [4.78, 5) is 26.0. The van der Waals surface area contributed by atoms with Gasteiger partial charge in [-0.25, -0.2) is 0 Å². The molecule has 0 radical (unpaired) electrons. The number of allylic oxidation sites excluding steroid dienone is 2. The van der Waals surface area contributed by atoms with Crippen LogP contribution in [0.2, 0.25) is 0 Å². The Hall–Kier alpha value is -2.80. The first-order valence-corrected chi connectivity index (χ1v) is 11.4. The maximum Gasteiger partial charge on any atom is 0.225 e. The van der Waals surface area contributed by atoms with Crippen molar-refractivity contribution in [3.8, 4) is 17.2 Å². The minimum atomic E-state index is -0.371. The highest BCUT2D eigenvalue weighted by atomic mass is 79.9. The molecule has 2 unspecified atom stereocenters. The van der Waals surface area contributed by atoms with E-state index in [-0.39, 0.29) is 29.9 Å². The molecule has 0 aromatic heterocycles. The molecule has 0 saturated heterocycles. The van der Waals surface area contributed by atoms with E-state index in [4.69, 9.17) is 14.2 Å². The van der Waals surface area contributed by atoms with Crippen molar-refractivity contribution in [3.63, 3.8) is 0 Å². The van der Waals surface area contributed by atoms with Crippen molar-refractivity contribution in [2.45, 2.75) is 38.0 Å². The summed E-state index contributed by atoms with van der Waals surface area (Å²) in [5.74, 6) is 1.65. The lowest BCUT2D eigenvalue weighted by molar-refractivity contribution is -0.122. The van der Waals surface area contributed by atoms with E-state index in [0.29, 0.717) is 42.2 Å². The van der Waals surface area contributed by atoms with Crippen molar-refractivity contribution in [2.24, 2.45) is 0 Å². The summed E-state index contributed by atoms with van der Waals surface area (Å²) in [7, 11) is 3.17. The highest BCUT2D eigenvalue weighted by molar-refractivity contribution is 9.10. The molecule has 1 heterocycles. The predicted octanol–water partition coefficient (Wildman–Crippen LogP) is 4.87. The summed E-state index contributed by atoms with van der Waals surface area (Å²) in [5.41, 5.74) is 3.23. The second-order valence-corrected chi connectivity index (χ2v) is 8.81. The molecule has 4 rings (SSSR count). The van der Waals surface area contributed by atoms with Crippen molar-refractivity contribution >= 4 is 27.6 Å². The van der Waals surface area contributed by atoms with Gasteiger partial charge >= 0.3 is 0 Å². The minimum absolute atomic E-state index is 0.0114. The lowest BCUT2D eigenvalue weighted by atomic mass is 9.73. The summed E-state index contributed by atoms with van der Waals surface area (Å²) in [6.07, 6.45) is 1.20. The molecule has 6 nitrogen and oxygen atoms in total. The number of carbonyl (C=O) groups is 2. The number of ether oxygens (including phenoxy) is 3. The van der Waals surface area contributed by atoms with Crippen molar-refractivity contribution in [2.75, 3.05) is 20.8 Å². The van der Waals surface area contributed by atoms with E-state index in [0.717, 1.165) is 21.3 Å². The van der Waals surface area contributed by atoms with Gasteiger partial charge in [-0.15, -0.1) is 0 Å². The van der Waals surface area contributed by atoms with Gasteiger partial charge in [0.15, 0.2) is 5.78 Å². The van der Waals surface area contributed by atoms with Crippen LogP contribution in [0.4, 0.5) is 0 Å². The first-order chi connectivity index (χ1) is 15.4. The number of hydrogen-bond donors (Lipinski definition) is 1. The normalized spacial score (nSPS) is 20.5. The number of amides is 1. The Morgan fingerprint density at radius 1 is 1.00 bits per heavy atom. The Bertz CT molecular complexity index is 1080. The van der Waals surface area contributed by atoms with Crippen LogP contribution < -0.4 is 19.5 Å². The fourth-order valence-electron chi connectivity index (χ4n) is 4.62. The maximum absolute atomic E-state index is 13.4. The van der Waals surface area contributed by atoms with Gasteiger partial charge in [0.25, 0.3) is 0 Å². The number of benzene rings is 2. The summed E-state index contributed by atoms with van der Waals surface area (Å²) >= 11 is 3.48. The van der Waals surface area contributed by atoms with E-state index < -0.39 is 0 Å². The molecule has 0 saturated carbocycles. The third-order valence-corrected chi connectivity index (χ3v) is 6.70. The van der Waals surface area contributed by atoms with Crippen LogP contribution in [0.1, 0.15) is 49.1 Å². The van der Waals surface area contributed by atoms with Crippen LogP contribution in [-0.2, 0) is 9.59 Å². The number of halogens is 1. The average molecular weight is 500 g/mol. The zero-order valence-corrected chi connectivity index (χ0v) is 20.0. The van der Waals surface area contributed by atoms with Crippen LogP contribution in [0, 0.1) is 0 Å². The van der Waals surface area contributed by atoms with Gasteiger partial charge in [0.1, 0.15) is 17.2 Å². The fraction of sp³-hybridized carbons (Fsp3) is 0.360. The smallest absolute Gasteiger partial charge is 0.225 e. The zero-order chi connectivity index (χ0) is 22.8. The van der Waals surface area contributed by atoms with Crippen LogP contribution in [0.5, 0.6) is 17.2 Å². The van der Waals surface area contributed by atoms with E-state index in [9.17, 15) is 9.59 Å². The lowest BCUT2D eigenvalue weighted by Gasteiger charge is -2.35. The fourth-order valence-corrected chi connectivity index (χ4v) is 5.11. The van der Waals surface area contributed by atoms with E-state index >= 15 is 0 Å². The van der Waals surface area contributed by atoms with Crippen LogP contribution >= 0.6 is 15.9 Å². The van der Waals surface area contributed by atoms with Gasteiger partial charge < -0.3 is 19.5 Å². The summed E-state index contributed by atoms with van der Waals surface area (Å²) < 4.78 is 17.3. The molecular weight excluding hydrogens is 474 g/mol. The van der Waals surface area contributed by atoms with E-state index in [1.54, 1.807) is 14.2 Å². The predicted molar refractivity (Wildman–Crippen MR) is 124 cm³/mol. The Morgan fingerprint density at radius 3 is 2.38 bits per heavy atom. The SMILES string of the molecule is CCOc1ccc(C2CC(=O)C3=C(C2)NC(=O)CC3c2cc(OC)c(Br)cc2OC)cc1. The second kappa shape index (κ2) is 9.36. The van der Waals surface area contributed by atoms with Gasteiger partial charge in [0.2, 0.25) is 5.91 Å². The summed E-state index contributed by atoms with van der Waals surface area (Å²) in [5, 5.41) is 2.97. The molecule has 2 aliphatic rings. The third-order valence-electron chi connectivity index (χ3n) is 6.08. The Balaban J connectivity index is 1.71. The molecule has 2 aromatic carbocycles. The van der Waals surface area contributed by atoms with E-state index in [2.05, 4.69) is 21.2 Å². The molecule has 0 bridgehead atoms. The Labute approximate surface area is 196 Å². The number of ketones is 1. The third kappa shape index (κ3) is 4.26. The lowest BCUT2D eigenvalue weighted by Crippen LogP contribution is -2.38. The van der Waals surface area contributed by atoms with Gasteiger partial charge in [0, 0.05) is 35.6 Å². The monoisotopic (exact) mass is 499 g/mol. The number of hydrogen-bond acceptors (Lipinski definition) is 5. The van der Waals surface area contributed by atoms with Crippen molar-refractivity contribution in [3.05, 3.63) is 63.3 Å². The van der Waals surface area contributed by atoms with Gasteiger partial charge in [-0.3, -0.25) is 9.59 Å². The molecule has 1 amide bonds. The molecule has 2 atom stereocenters. The standard InChI is InChI=1S/C25H26BrNO5/c1-4-32-16-7-5-14(6-8-16)15-9-20-25(21(28)10-15)18(12-24(29)27-20)17-11-23(31-3)19(26)13-22(17)30-2/h5-8,11,13,15,18H,4,9-10,12H2,1-3H3,(H,27,29). The molecular formula is C25H26BrNO5. The van der Waals surface area contributed by atoms with Crippen LogP contribution in [0.25, 0.3) is 0 Å². The average Bonchev–Trinajstić information content (AvgIpc) is 2.78. The highest BCUT2D eigenvalue weighted by Gasteiger charge is 2.39. The molecule has 1 aliphatic carbocycles. The summed E-state index contributed by atoms with van der Waals surface area (Å²) in [6, 6.07) is 11.5. The van der Waals surface area contributed by atoms with Gasteiger partial charge in [-0.1, -0.05) is 12.1 Å².